The Hall–Kier alpha value is -1.78. The molecule has 0 aromatic heterocycles. The maximum absolute atomic E-state index is 12.9. The summed E-state index contributed by atoms with van der Waals surface area (Å²) in [6, 6.07) is 3.92. The van der Waals surface area contributed by atoms with Crippen molar-refractivity contribution in [2.45, 2.75) is 12.5 Å². The largest absolute Gasteiger partial charge is 0.494 e. The van der Waals surface area contributed by atoms with Gasteiger partial charge in [0.1, 0.15) is 17.6 Å². The fourth-order valence-electron chi connectivity index (χ4n) is 1.70. The lowest BCUT2D eigenvalue weighted by molar-refractivity contribution is -0.119. The van der Waals surface area contributed by atoms with Gasteiger partial charge in [0, 0.05) is 12.6 Å². The number of hydrogen-bond acceptors (Lipinski definition) is 3. The average molecular weight is 224 g/mol. The van der Waals surface area contributed by atoms with Gasteiger partial charge in [0.15, 0.2) is 0 Å². The van der Waals surface area contributed by atoms with Crippen molar-refractivity contribution in [1.29, 1.82) is 0 Å². The number of benzene rings is 1. The van der Waals surface area contributed by atoms with Gasteiger partial charge in [-0.05, 0) is 18.6 Å². The van der Waals surface area contributed by atoms with Gasteiger partial charge in [-0.1, -0.05) is 0 Å². The number of carbonyl (C=O) groups is 1. The molecule has 2 rings (SSSR count). The van der Waals surface area contributed by atoms with Crippen LogP contribution in [-0.4, -0.2) is 25.6 Å². The topological polar surface area (TPSA) is 50.4 Å². The smallest absolute Gasteiger partial charge is 0.242 e. The molecular formula is C11H13FN2O2. The van der Waals surface area contributed by atoms with Crippen molar-refractivity contribution in [2.75, 3.05) is 19.0 Å². The molecule has 0 saturated carbocycles. The third kappa shape index (κ3) is 2.08. The maximum Gasteiger partial charge on any atom is 0.242 e. The number of amides is 1. The molecule has 0 spiro atoms. The van der Waals surface area contributed by atoms with Gasteiger partial charge in [-0.3, -0.25) is 4.79 Å². The van der Waals surface area contributed by atoms with Crippen LogP contribution < -0.4 is 15.4 Å². The Kier molecular flexibility index (Phi) is 2.94. The number of carbonyl (C=O) groups excluding carboxylic acids is 1. The Balaban J connectivity index is 2.17. The molecule has 1 amide bonds. The van der Waals surface area contributed by atoms with Crippen LogP contribution in [0.1, 0.15) is 6.42 Å². The van der Waals surface area contributed by atoms with E-state index in [2.05, 4.69) is 10.6 Å². The zero-order valence-corrected chi connectivity index (χ0v) is 8.92. The van der Waals surface area contributed by atoms with E-state index in [0.717, 1.165) is 6.42 Å². The fourth-order valence-corrected chi connectivity index (χ4v) is 1.70. The van der Waals surface area contributed by atoms with Gasteiger partial charge in [0.25, 0.3) is 0 Å². The first-order valence-electron chi connectivity index (χ1n) is 5.08. The standard InChI is InChI=1S/C11H13FN2O2/c1-16-10-6-7(12)2-3-8(10)14-9-4-5-13-11(9)15/h2-3,6,9,14H,4-5H2,1H3,(H,13,15)/t9-/m0/s1. The van der Waals surface area contributed by atoms with Crippen molar-refractivity contribution in [1.82, 2.24) is 5.32 Å². The van der Waals surface area contributed by atoms with Crippen molar-refractivity contribution >= 4 is 11.6 Å². The molecule has 0 aliphatic carbocycles. The molecule has 1 aromatic carbocycles. The second kappa shape index (κ2) is 4.38. The molecule has 1 atom stereocenters. The normalized spacial score (nSPS) is 19.4. The molecule has 4 nitrogen and oxygen atoms in total. The van der Waals surface area contributed by atoms with E-state index in [1.807, 2.05) is 0 Å². The Labute approximate surface area is 92.8 Å². The first-order chi connectivity index (χ1) is 7.70. The zero-order valence-electron chi connectivity index (χ0n) is 8.92. The summed E-state index contributed by atoms with van der Waals surface area (Å²) in [6.07, 6.45) is 0.722. The van der Waals surface area contributed by atoms with E-state index < -0.39 is 0 Å². The quantitative estimate of drug-likeness (QED) is 0.809. The van der Waals surface area contributed by atoms with Crippen molar-refractivity contribution in [3.8, 4) is 5.75 Å². The SMILES string of the molecule is COc1cc(F)ccc1N[C@H]1CCNC1=O. The number of hydrogen-bond donors (Lipinski definition) is 2. The summed E-state index contributed by atoms with van der Waals surface area (Å²) in [5, 5.41) is 5.76. The van der Waals surface area contributed by atoms with Crippen molar-refractivity contribution in [2.24, 2.45) is 0 Å². The van der Waals surface area contributed by atoms with Crippen LogP contribution in [0.5, 0.6) is 5.75 Å². The summed E-state index contributed by atoms with van der Waals surface area (Å²) >= 11 is 0. The minimum Gasteiger partial charge on any atom is -0.494 e. The zero-order chi connectivity index (χ0) is 11.5. The summed E-state index contributed by atoms with van der Waals surface area (Å²) < 4.78 is 18.0. The van der Waals surface area contributed by atoms with Gasteiger partial charge in [-0.25, -0.2) is 4.39 Å². The molecule has 1 aromatic rings. The highest BCUT2D eigenvalue weighted by atomic mass is 19.1. The van der Waals surface area contributed by atoms with Gasteiger partial charge in [-0.2, -0.15) is 0 Å². The van der Waals surface area contributed by atoms with Crippen LogP contribution in [0, 0.1) is 5.82 Å². The molecule has 0 unspecified atom stereocenters. The van der Waals surface area contributed by atoms with E-state index in [0.29, 0.717) is 18.0 Å². The van der Waals surface area contributed by atoms with Crippen LogP contribution in [0.3, 0.4) is 0 Å². The molecule has 1 heterocycles. The first kappa shape index (κ1) is 10.7. The van der Waals surface area contributed by atoms with Gasteiger partial charge < -0.3 is 15.4 Å². The van der Waals surface area contributed by atoms with Crippen LogP contribution in [0.4, 0.5) is 10.1 Å². The summed E-state index contributed by atoms with van der Waals surface area (Å²) in [5.41, 5.74) is 0.631. The number of ether oxygens (including phenoxy) is 1. The number of nitrogens with one attached hydrogen (secondary N) is 2. The van der Waals surface area contributed by atoms with Gasteiger partial charge in [-0.15, -0.1) is 0 Å². The van der Waals surface area contributed by atoms with Crippen molar-refractivity contribution < 1.29 is 13.9 Å². The molecule has 1 saturated heterocycles. The average Bonchev–Trinajstić information content (AvgIpc) is 2.67. The number of methoxy groups -OCH3 is 1. The van der Waals surface area contributed by atoms with E-state index >= 15 is 0 Å². The van der Waals surface area contributed by atoms with Crippen LogP contribution in [0.25, 0.3) is 0 Å². The Morgan fingerprint density at radius 2 is 2.38 bits per heavy atom. The van der Waals surface area contributed by atoms with Crippen LogP contribution >= 0.6 is 0 Å². The highest BCUT2D eigenvalue weighted by Gasteiger charge is 2.24. The van der Waals surface area contributed by atoms with Gasteiger partial charge in [0.05, 0.1) is 12.8 Å². The summed E-state index contributed by atoms with van der Waals surface area (Å²) in [5.74, 6) is 0.00403. The Bertz CT molecular complexity index is 409. The molecule has 1 aliphatic heterocycles. The summed E-state index contributed by atoms with van der Waals surface area (Å²) in [4.78, 5) is 11.4. The number of halogens is 1. The molecule has 86 valence electrons. The fraction of sp³-hybridized carbons (Fsp3) is 0.364. The van der Waals surface area contributed by atoms with Gasteiger partial charge in [0.2, 0.25) is 5.91 Å². The second-order valence-electron chi connectivity index (χ2n) is 3.62. The van der Waals surface area contributed by atoms with E-state index in [9.17, 15) is 9.18 Å². The van der Waals surface area contributed by atoms with E-state index in [-0.39, 0.29) is 17.8 Å². The van der Waals surface area contributed by atoms with Crippen molar-refractivity contribution in [3.63, 3.8) is 0 Å². The lowest BCUT2D eigenvalue weighted by Crippen LogP contribution is -2.29. The minimum atomic E-state index is -0.363. The van der Waals surface area contributed by atoms with E-state index in [4.69, 9.17) is 4.74 Å². The molecule has 2 N–H and O–H groups in total. The van der Waals surface area contributed by atoms with Crippen molar-refractivity contribution in [3.05, 3.63) is 24.0 Å². The Morgan fingerprint density at radius 1 is 1.56 bits per heavy atom. The predicted molar refractivity (Wildman–Crippen MR) is 58.0 cm³/mol. The highest BCUT2D eigenvalue weighted by molar-refractivity contribution is 5.87. The third-order valence-electron chi connectivity index (χ3n) is 2.54. The molecule has 16 heavy (non-hydrogen) atoms. The van der Waals surface area contributed by atoms with E-state index in [1.165, 1.54) is 19.2 Å². The van der Waals surface area contributed by atoms with Gasteiger partial charge >= 0.3 is 0 Å². The molecule has 5 heteroatoms. The molecule has 1 fully saturated rings. The molecule has 0 radical (unpaired) electrons. The van der Waals surface area contributed by atoms with Crippen LogP contribution in [0.2, 0.25) is 0 Å². The summed E-state index contributed by atoms with van der Waals surface area (Å²) in [6.45, 7) is 0.667. The first-order valence-corrected chi connectivity index (χ1v) is 5.08. The minimum absolute atomic E-state index is 0.0358. The van der Waals surface area contributed by atoms with E-state index in [1.54, 1.807) is 6.07 Å². The maximum atomic E-state index is 12.9. The molecule has 0 bridgehead atoms. The monoisotopic (exact) mass is 224 g/mol. The Morgan fingerprint density at radius 3 is 3.00 bits per heavy atom. The second-order valence-corrected chi connectivity index (χ2v) is 3.62. The predicted octanol–water partition coefficient (Wildman–Crippen LogP) is 1.13. The van der Waals surface area contributed by atoms with Crippen LogP contribution in [0.15, 0.2) is 18.2 Å². The lowest BCUT2D eigenvalue weighted by atomic mass is 10.2. The highest BCUT2D eigenvalue weighted by Crippen LogP contribution is 2.26. The number of anilines is 1. The third-order valence-corrected chi connectivity index (χ3v) is 2.54. The molecular weight excluding hydrogens is 211 g/mol. The molecule has 1 aliphatic rings. The summed E-state index contributed by atoms with van der Waals surface area (Å²) in [7, 11) is 1.47. The number of rotatable bonds is 3. The lowest BCUT2D eigenvalue weighted by Gasteiger charge is -2.14. The van der Waals surface area contributed by atoms with Crippen LogP contribution in [-0.2, 0) is 4.79 Å².